The Morgan fingerprint density at radius 1 is 0.364 bits per heavy atom. The van der Waals surface area contributed by atoms with Crippen molar-refractivity contribution in [3.63, 3.8) is 0 Å². The molecule has 0 saturated heterocycles. The van der Waals surface area contributed by atoms with Gasteiger partial charge in [0, 0.05) is 49.3 Å². The van der Waals surface area contributed by atoms with Crippen molar-refractivity contribution < 1.29 is 58.3 Å². The van der Waals surface area contributed by atoms with Crippen LogP contribution in [-0.4, -0.2) is 115 Å². The van der Waals surface area contributed by atoms with Gasteiger partial charge in [-0.3, -0.25) is 18.3 Å². The van der Waals surface area contributed by atoms with Gasteiger partial charge in [0.2, 0.25) is 29.5 Å². The van der Waals surface area contributed by atoms with Gasteiger partial charge in [-0.1, -0.05) is 55.4 Å². The topological polar surface area (TPSA) is 230 Å². The summed E-state index contributed by atoms with van der Waals surface area (Å²) in [6, 6.07) is 0. The van der Waals surface area contributed by atoms with E-state index in [9.17, 15) is 18.3 Å². The standard InChI is InChI=1S/4C6H15O2P.C4H10O4/c4*1-3-5-9(7,8)6-4-2;5-1-3(7)4(8)2-6/h4*3-6H2,1-2H3,(H,7,8);3-8H,1-2H2. The maximum absolute atomic E-state index is 11.0. The Morgan fingerprint density at radius 2 is 0.477 bits per heavy atom. The van der Waals surface area contributed by atoms with E-state index in [0.717, 1.165) is 51.4 Å². The second-order valence-electron chi connectivity index (χ2n) is 10.7. The highest BCUT2D eigenvalue weighted by Gasteiger charge is 2.16. The summed E-state index contributed by atoms with van der Waals surface area (Å²) in [6.07, 6.45) is 7.96. The van der Waals surface area contributed by atoms with E-state index < -0.39 is 54.9 Å². The van der Waals surface area contributed by atoms with Crippen molar-refractivity contribution in [2.45, 2.75) is 119 Å². The van der Waals surface area contributed by atoms with Crippen molar-refractivity contribution in [2.75, 3.05) is 62.5 Å². The predicted octanol–water partition coefficient (Wildman–Crippen LogP) is 6.00. The largest absolute Gasteiger partial charge is 0.394 e. The summed E-state index contributed by atoms with van der Waals surface area (Å²) in [5.74, 6) is 0. The first kappa shape index (κ1) is 54.1. The summed E-state index contributed by atoms with van der Waals surface area (Å²) in [7, 11) is -10.8. The molecule has 8 N–H and O–H groups in total. The van der Waals surface area contributed by atoms with Gasteiger partial charge in [0.1, 0.15) is 12.2 Å². The van der Waals surface area contributed by atoms with Crippen LogP contribution in [0.5, 0.6) is 0 Å². The zero-order chi connectivity index (χ0) is 35.9. The van der Waals surface area contributed by atoms with Crippen LogP contribution in [0.25, 0.3) is 0 Å². The fourth-order valence-corrected chi connectivity index (χ4v) is 9.97. The highest BCUT2D eigenvalue weighted by molar-refractivity contribution is 7.58. The van der Waals surface area contributed by atoms with Gasteiger partial charge in [-0.25, -0.2) is 0 Å². The minimum absolute atomic E-state index is 0.487. The number of aliphatic hydroxyl groups excluding tert-OH is 4. The van der Waals surface area contributed by atoms with E-state index in [0.29, 0.717) is 49.3 Å². The Morgan fingerprint density at radius 3 is 0.545 bits per heavy atom. The van der Waals surface area contributed by atoms with Crippen molar-refractivity contribution in [1.29, 1.82) is 0 Å². The van der Waals surface area contributed by atoms with Crippen LogP contribution >= 0.6 is 29.5 Å². The molecule has 0 radical (unpaired) electrons. The molecule has 274 valence electrons. The van der Waals surface area contributed by atoms with Gasteiger partial charge in [-0.2, -0.15) is 0 Å². The van der Waals surface area contributed by atoms with Crippen LogP contribution in [0.2, 0.25) is 0 Å². The number of hydrogen-bond donors (Lipinski definition) is 8. The molecule has 12 nitrogen and oxygen atoms in total. The van der Waals surface area contributed by atoms with E-state index in [1.54, 1.807) is 0 Å². The summed E-state index contributed by atoms with van der Waals surface area (Å²) >= 11 is 0. The summed E-state index contributed by atoms with van der Waals surface area (Å²) in [5.41, 5.74) is 0. The van der Waals surface area contributed by atoms with Gasteiger partial charge < -0.3 is 40.0 Å². The van der Waals surface area contributed by atoms with Crippen molar-refractivity contribution >= 4 is 29.5 Å². The lowest BCUT2D eigenvalue weighted by Gasteiger charge is -2.10. The Kier molecular flexibility index (Phi) is 41.2. The molecule has 0 aromatic carbocycles. The molecular weight excluding hydrogens is 652 g/mol. The number of rotatable bonds is 19. The number of aliphatic hydroxyl groups is 4. The maximum atomic E-state index is 11.0. The summed E-state index contributed by atoms with van der Waals surface area (Å²) < 4.78 is 43.9. The lowest BCUT2D eigenvalue weighted by Crippen LogP contribution is -2.31. The van der Waals surface area contributed by atoms with Crippen molar-refractivity contribution in [2.24, 2.45) is 0 Å². The third kappa shape index (κ3) is 44.7. The quantitative estimate of drug-likeness (QED) is 0.0718. The van der Waals surface area contributed by atoms with Crippen LogP contribution in [0.15, 0.2) is 0 Å². The van der Waals surface area contributed by atoms with Crippen molar-refractivity contribution in [1.82, 2.24) is 0 Å². The van der Waals surface area contributed by atoms with Crippen molar-refractivity contribution in [3.8, 4) is 0 Å². The van der Waals surface area contributed by atoms with Crippen LogP contribution in [0, 0.1) is 0 Å². The molecule has 0 aromatic heterocycles. The zero-order valence-electron chi connectivity index (χ0n) is 28.9. The SMILES string of the molecule is CCCP(=O)(O)CCC.CCCP(=O)(O)CCC.CCCP(=O)(O)CCC.CCCP(=O)(O)CCC.OCC(O)C(O)CO. The van der Waals surface area contributed by atoms with E-state index in [4.69, 9.17) is 40.0 Å². The highest BCUT2D eigenvalue weighted by atomic mass is 31.2. The van der Waals surface area contributed by atoms with Crippen LogP contribution in [0.1, 0.15) is 107 Å². The third-order valence-corrected chi connectivity index (χ3v) is 14.6. The lowest BCUT2D eigenvalue weighted by atomic mass is 10.2. The third-order valence-electron chi connectivity index (χ3n) is 5.40. The molecule has 0 aromatic rings. The molecule has 0 aliphatic heterocycles. The van der Waals surface area contributed by atoms with Gasteiger partial charge in [-0.05, 0) is 51.4 Å². The normalized spacial score (nSPS) is 13.0. The molecule has 0 saturated carbocycles. The zero-order valence-corrected chi connectivity index (χ0v) is 32.5. The van der Waals surface area contributed by atoms with E-state index >= 15 is 0 Å². The molecule has 0 amide bonds. The highest BCUT2D eigenvalue weighted by Crippen LogP contribution is 2.43. The van der Waals surface area contributed by atoms with Crippen LogP contribution < -0.4 is 0 Å². The molecule has 0 rings (SSSR count). The molecule has 2 atom stereocenters. The second-order valence-corrected chi connectivity index (χ2v) is 21.0. The fourth-order valence-electron chi connectivity index (χ4n) is 3.49. The molecule has 0 fully saturated rings. The lowest BCUT2D eigenvalue weighted by molar-refractivity contribution is -0.0388. The first-order chi connectivity index (χ1) is 20.2. The molecule has 44 heavy (non-hydrogen) atoms. The minimum atomic E-state index is -2.69. The van der Waals surface area contributed by atoms with E-state index in [1.165, 1.54) is 0 Å². The maximum Gasteiger partial charge on any atom is 0.200 e. The predicted molar refractivity (Wildman–Crippen MR) is 187 cm³/mol. The van der Waals surface area contributed by atoms with Crippen LogP contribution in [-0.2, 0) is 18.3 Å². The van der Waals surface area contributed by atoms with Gasteiger partial charge >= 0.3 is 0 Å². The Balaban J connectivity index is -0.000000144. The van der Waals surface area contributed by atoms with Gasteiger partial charge in [-0.15, -0.1) is 0 Å². The molecule has 16 heteroatoms. The first-order valence-corrected chi connectivity index (χ1v) is 24.1. The average Bonchev–Trinajstić information content (AvgIpc) is 2.89. The van der Waals surface area contributed by atoms with E-state index in [2.05, 4.69) is 0 Å². The average molecular weight is 723 g/mol. The second kappa shape index (κ2) is 33.5. The molecule has 0 heterocycles. The fraction of sp³-hybridized carbons (Fsp3) is 1.00. The molecular formula is C28H70O12P4. The van der Waals surface area contributed by atoms with Gasteiger partial charge in [0.15, 0.2) is 0 Å². The van der Waals surface area contributed by atoms with Crippen LogP contribution in [0.4, 0.5) is 0 Å². The van der Waals surface area contributed by atoms with Crippen LogP contribution in [0.3, 0.4) is 0 Å². The van der Waals surface area contributed by atoms with Crippen molar-refractivity contribution in [3.05, 3.63) is 0 Å². The van der Waals surface area contributed by atoms with E-state index in [1.807, 2.05) is 55.4 Å². The summed E-state index contributed by atoms with van der Waals surface area (Å²) in [6.45, 7) is 14.4. The number of hydrogen-bond acceptors (Lipinski definition) is 8. The monoisotopic (exact) mass is 722 g/mol. The first-order valence-electron chi connectivity index (χ1n) is 16.0. The Bertz CT molecular complexity index is 639. The molecule has 0 aliphatic rings. The summed E-state index contributed by atoms with van der Waals surface area (Å²) in [5, 5.41) is 33.2. The Hall–Kier alpha value is 0.600. The summed E-state index contributed by atoms with van der Waals surface area (Å²) in [4.78, 5) is 36.3. The molecule has 0 bridgehead atoms. The van der Waals surface area contributed by atoms with E-state index in [-0.39, 0.29) is 0 Å². The minimum Gasteiger partial charge on any atom is -0.394 e. The Labute approximate surface area is 268 Å². The molecule has 0 aliphatic carbocycles. The molecule has 0 spiro atoms. The van der Waals surface area contributed by atoms with Gasteiger partial charge in [0.25, 0.3) is 0 Å². The molecule has 2 unspecified atom stereocenters. The smallest absolute Gasteiger partial charge is 0.200 e. The van der Waals surface area contributed by atoms with Gasteiger partial charge in [0.05, 0.1) is 13.2 Å².